The van der Waals surface area contributed by atoms with Gasteiger partial charge in [-0.05, 0) is 49.6 Å². The predicted molar refractivity (Wildman–Crippen MR) is 117 cm³/mol. The van der Waals surface area contributed by atoms with Crippen LogP contribution in [0.4, 0.5) is 42.2 Å². The third-order valence-electron chi connectivity index (χ3n) is 5.26. The number of carbonyl (C=O) groups excluding carboxylic acids is 1. The monoisotopic (exact) mass is 575 g/mol. The Morgan fingerprint density at radius 3 is 2.44 bits per heavy atom. The molecule has 1 aliphatic rings. The quantitative estimate of drug-likeness (QED) is 0.284. The molecule has 34 heavy (non-hydrogen) atoms. The Hall–Kier alpha value is -2.08. The largest absolute Gasteiger partial charge is 0.433 e. The normalized spacial score (nSPS) is 16.7. The fraction of sp³-hybridized carbons (Fsp3) is 0.429. The molecule has 3 rings (SSSR count). The van der Waals surface area contributed by atoms with Gasteiger partial charge in [-0.25, -0.2) is 9.37 Å². The van der Waals surface area contributed by atoms with Gasteiger partial charge in [-0.2, -0.15) is 26.3 Å². The molecule has 2 heterocycles. The van der Waals surface area contributed by atoms with Gasteiger partial charge in [-0.15, -0.1) is 0 Å². The van der Waals surface area contributed by atoms with Gasteiger partial charge < -0.3 is 9.80 Å². The van der Waals surface area contributed by atoms with E-state index in [9.17, 15) is 35.5 Å². The second kappa shape index (κ2) is 10.3. The topological polar surface area (TPSA) is 36.4 Å². The van der Waals surface area contributed by atoms with E-state index in [1.165, 1.54) is 17.0 Å². The summed E-state index contributed by atoms with van der Waals surface area (Å²) >= 11 is 9.10. The smallest absolute Gasteiger partial charge is 0.345 e. The molecular formula is C21H18BrClF7N3O. The lowest BCUT2D eigenvalue weighted by Crippen LogP contribution is -2.47. The summed E-state index contributed by atoms with van der Waals surface area (Å²) in [5.74, 6) is -1.85. The van der Waals surface area contributed by atoms with Gasteiger partial charge in [0.1, 0.15) is 23.4 Å². The van der Waals surface area contributed by atoms with Gasteiger partial charge >= 0.3 is 12.4 Å². The zero-order valence-corrected chi connectivity index (χ0v) is 19.7. The Labute approximate surface area is 203 Å². The molecule has 1 aromatic carbocycles. The number of halogens is 9. The highest BCUT2D eigenvalue weighted by atomic mass is 79.9. The van der Waals surface area contributed by atoms with Crippen LogP contribution in [0.1, 0.15) is 30.5 Å². The SMILES string of the molecule is O=C([C@@H]1CCCN1c1cc(C(F)(F)F)cc(C(F)(F)F)n1)N(CCCBr)c1ccc(F)c(Cl)c1. The van der Waals surface area contributed by atoms with Gasteiger partial charge in [-0.1, -0.05) is 27.5 Å². The Bertz CT molecular complexity index is 1020. The van der Waals surface area contributed by atoms with E-state index in [0.717, 1.165) is 11.0 Å². The molecule has 186 valence electrons. The molecule has 0 spiro atoms. The minimum absolute atomic E-state index is 0.0402. The number of benzene rings is 1. The molecule has 1 saturated heterocycles. The van der Waals surface area contributed by atoms with E-state index >= 15 is 0 Å². The molecule has 2 aromatic rings. The Morgan fingerprint density at radius 2 is 1.85 bits per heavy atom. The van der Waals surface area contributed by atoms with E-state index in [2.05, 4.69) is 20.9 Å². The number of rotatable bonds is 6. The third kappa shape index (κ3) is 5.94. The van der Waals surface area contributed by atoms with Crippen molar-refractivity contribution in [3.05, 3.63) is 52.4 Å². The minimum Gasteiger partial charge on any atom is -0.345 e. The van der Waals surface area contributed by atoms with Gasteiger partial charge in [0.05, 0.1) is 10.6 Å². The van der Waals surface area contributed by atoms with Crippen molar-refractivity contribution in [3.8, 4) is 0 Å². The fourth-order valence-corrected chi connectivity index (χ4v) is 4.11. The molecule has 0 aliphatic carbocycles. The van der Waals surface area contributed by atoms with Gasteiger partial charge in [0.25, 0.3) is 0 Å². The Balaban J connectivity index is 2.01. The second-order valence-electron chi connectivity index (χ2n) is 7.58. The molecule has 4 nitrogen and oxygen atoms in total. The first kappa shape index (κ1) is 26.5. The van der Waals surface area contributed by atoms with Crippen LogP contribution in [0.2, 0.25) is 5.02 Å². The summed E-state index contributed by atoms with van der Waals surface area (Å²) in [7, 11) is 0. The Morgan fingerprint density at radius 1 is 1.15 bits per heavy atom. The standard InChI is InChI=1S/C21H18BrClF7N3O/c22-6-2-8-32(13-4-5-15(24)14(23)11-13)19(34)16-3-1-7-33(16)18-10-12(20(25,26)27)9-17(31-18)21(28,29)30/h4-5,9-11,16H,1-3,6-8H2/t16-/m0/s1. The van der Waals surface area contributed by atoms with Gasteiger partial charge in [0, 0.05) is 24.1 Å². The predicted octanol–water partition coefficient (Wildman–Crippen LogP) is 6.70. The molecule has 0 N–H and O–H groups in total. The molecule has 1 aliphatic heterocycles. The highest BCUT2D eigenvalue weighted by Gasteiger charge is 2.41. The lowest BCUT2D eigenvalue weighted by Gasteiger charge is -2.31. The first-order chi connectivity index (χ1) is 15.8. The fourth-order valence-electron chi connectivity index (χ4n) is 3.69. The van der Waals surface area contributed by atoms with Gasteiger partial charge in [0.2, 0.25) is 5.91 Å². The molecule has 13 heteroatoms. The maximum atomic E-state index is 13.6. The number of pyridine rings is 1. The summed E-state index contributed by atoms with van der Waals surface area (Å²) in [5.41, 5.74) is -2.95. The molecule has 1 fully saturated rings. The molecular weight excluding hydrogens is 559 g/mol. The summed E-state index contributed by atoms with van der Waals surface area (Å²) in [6, 6.07) is 3.04. The van der Waals surface area contributed by atoms with E-state index in [0.29, 0.717) is 24.2 Å². The number of carbonyl (C=O) groups is 1. The zero-order valence-electron chi connectivity index (χ0n) is 17.4. The first-order valence-corrected chi connectivity index (χ1v) is 11.6. The van der Waals surface area contributed by atoms with Crippen molar-refractivity contribution in [1.82, 2.24) is 4.98 Å². The van der Waals surface area contributed by atoms with Crippen LogP contribution < -0.4 is 9.80 Å². The maximum Gasteiger partial charge on any atom is 0.433 e. The van der Waals surface area contributed by atoms with Crippen molar-refractivity contribution in [2.24, 2.45) is 0 Å². The summed E-state index contributed by atoms with van der Waals surface area (Å²) in [5, 5.41) is 0.288. The molecule has 1 aromatic heterocycles. The number of aromatic nitrogens is 1. The van der Waals surface area contributed by atoms with Crippen molar-refractivity contribution in [2.45, 2.75) is 37.7 Å². The van der Waals surface area contributed by atoms with E-state index in [1.807, 2.05) is 0 Å². The van der Waals surface area contributed by atoms with E-state index in [-0.39, 0.29) is 36.3 Å². The van der Waals surface area contributed by atoms with E-state index in [1.54, 1.807) is 0 Å². The number of hydrogen-bond acceptors (Lipinski definition) is 3. The van der Waals surface area contributed by atoms with Crippen molar-refractivity contribution < 1.29 is 35.5 Å². The van der Waals surface area contributed by atoms with Crippen molar-refractivity contribution in [1.29, 1.82) is 0 Å². The minimum atomic E-state index is -5.11. The van der Waals surface area contributed by atoms with Crippen LogP contribution in [0.5, 0.6) is 0 Å². The van der Waals surface area contributed by atoms with Crippen LogP contribution in [0.15, 0.2) is 30.3 Å². The second-order valence-corrected chi connectivity index (χ2v) is 8.78. The average Bonchev–Trinajstić information content (AvgIpc) is 3.24. The number of amides is 1. The highest BCUT2D eigenvalue weighted by molar-refractivity contribution is 9.09. The summed E-state index contributed by atoms with van der Waals surface area (Å²) in [6.07, 6.45) is -9.12. The summed E-state index contributed by atoms with van der Waals surface area (Å²) < 4.78 is 93.3. The number of nitrogens with zero attached hydrogens (tertiary/aromatic N) is 3. The molecule has 0 bridgehead atoms. The number of anilines is 2. The van der Waals surface area contributed by atoms with E-state index in [4.69, 9.17) is 11.6 Å². The zero-order chi connectivity index (χ0) is 25.3. The van der Waals surface area contributed by atoms with Crippen LogP contribution in [0.25, 0.3) is 0 Å². The van der Waals surface area contributed by atoms with Crippen molar-refractivity contribution >= 4 is 44.9 Å². The van der Waals surface area contributed by atoms with Crippen LogP contribution in [-0.4, -0.2) is 35.4 Å². The third-order valence-corrected chi connectivity index (χ3v) is 6.11. The van der Waals surface area contributed by atoms with Crippen LogP contribution in [-0.2, 0) is 17.1 Å². The lowest BCUT2D eigenvalue weighted by atomic mass is 10.1. The molecule has 0 unspecified atom stereocenters. The average molecular weight is 577 g/mol. The van der Waals surface area contributed by atoms with E-state index < -0.39 is 47.2 Å². The van der Waals surface area contributed by atoms with Gasteiger partial charge in [-0.3, -0.25) is 4.79 Å². The van der Waals surface area contributed by atoms with Crippen LogP contribution in [0, 0.1) is 5.82 Å². The molecule has 1 amide bonds. The molecule has 0 saturated carbocycles. The molecule has 0 radical (unpaired) electrons. The summed E-state index contributed by atoms with van der Waals surface area (Å²) in [4.78, 5) is 19.3. The molecule has 1 atom stereocenters. The van der Waals surface area contributed by atoms with Gasteiger partial charge in [0.15, 0.2) is 0 Å². The number of hydrogen-bond donors (Lipinski definition) is 0. The van der Waals surface area contributed by atoms with Crippen LogP contribution in [0.3, 0.4) is 0 Å². The maximum absolute atomic E-state index is 13.6. The van der Waals surface area contributed by atoms with Crippen LogP contribution >= 0.6 is 27.5 Å². The summed E-state index contributed by atoms with van der Waals surface area (Å²) in [6.45, 7) is 0.207. The highest BCUT2D eigenvalue weighted by Crippen LogP contribution is 2.38. The lowest BCUT2D eigenvalue weighted by molar-refractivity contribution is -0.145. The number of alkyl halides is 7. The van der Waals surface area contributed by atoms with Crippen molar-refractivity contribution in [3.63, 3.8) is 0 Å². The first-order valence-electron chi connectivity index (χ1n) is 10.1. The Kier molecular flexibility index (Phi) is 8.01. The van der Waals surface area contributed by atoms with Crippen molar-refractivity contribution in [2.75, 3.05) is 28.2 Å².